The van der Waals surface area contributed by atoms with Gasteiger partial charge in [0.15, 0.2) is 9.84 Å². The smallest absolute Gasteiger partial charge is 0.175 e. The molecule has 0 bridgehead atoms. The van der Waals surface area contributed by atoms with Gasteiger partial charge in [0, 0.05) is 12.2 Å². The first-order chi connectivity index (χ1) is 11.4. The minimum atomic E-state index is -3.24. The molecule has 2 aromatic carbocycles. The van der Waals surface area contributed by atoms with Crippen LogP contribution in [0.4, 0.5) is 4.39 Å². The molecule has 3 nitrogen and oxygen atoms in total. The molecule has 124 valence electrons. The van der Waals surface area contributed by atoms with Crippen LogP contribution in [0.2, 0.25) is 0 Å². The van der Waals surface area contributed by atoms with Gasteiger partial charge in [-0.25, -0.2) is 12.8 Å². The monoisotopic (exact) mass is 344 g/mol. The van der Waals surface area contributed by atoms with E-state index in [1.165, 1.54) is 18.4 Å². The first-order valence-electron chi connectivity index (χ1n) is 7.65. The molecule has 0 heterocycles. The lowest BCUT2D eigenvalue weighted by molar-refractivity contribution is -0.109. The molecule has 0 saturated heterocycles. The summed E-state index contributed by atoms with van der Waals surface area (Å²) in [6.45, 7) is 0. The molecular formula is C19H17FO3S. The summed E-state index contributed by atoms with van der Waals surface area (Å²) in [5, 5.41) is 0. The van der Waals surface area contributed by atoms with E-state index in [0.717, 1.165) is 35.0 Å². The molecular weight excluding hydrogens is 327 g/mol. The molecule has 0 aromatic heterocycles. The molecule has 0 saturated carbocycles. The summed E-state index contributed by atoms with van der Waals surface area (Å²) in [6, 6.07) is 12.8. The average Bonchev–Trinajstić information content (AvgIpc) is 2.99. The van der Waals surface area contributed by atoms with Gasteiger partial charge >= 0.3 is 0 Å². The number of hydrogen-bond acceptors (Lipinski definition) is 3. The molecule has 5 heteroatoms. The standard InChI is InChI=1S/C19H17FO3S/c1-24(22,23)17-9-4-13(5-10-17)18-11-6-15(12-21)19(18)14-2-7-16(20)8-3-14/h2-5,7-10,12,15H,6,11H2,1H3. The Hall–Kier alpha value is -2.27. The van der Waals surface area contributed by atoms with Crippen LogP contribution < -0.4 is 0 Å². The van der Waals surface area contributed by atoms with Gasteiger partial charge in [-0.15, -0.1) is 0 Å². The van der Waals surface area contributed by atoms with Crippen molar-refractivity contribution in [2.75, 3.05) is 6.26 Å². The number of allylic oxidation sites excluding steroid dienone is 2. The highest BCUT2D eigenvalue weighted by molar-refractivity contribution is 7.90. The number of carbonyl (C=O) groups excluding carboxylic acids is 1. The van der Waals surface area contributed by atoms with Crippen molar-refractivity contribution in [2.45, 2.75) is 17.7 Å². The third kappa shape index (κ3) is 3.17. The molecule has 2 aromatic rings. The summed E-state index contributed by atoms with van der Waals surface area (Å²) in [4.78, 5) is 11.7. The summed E-state index contributed by atoms with van der Waals surface area (Å²) < 4.78 is 36.4. The van der Waals surface area contributed by atoms with Gasteiger partial charge in [0.1, 0.15) is 12.1 Å². The van der Waals surface area contributed by atoms with E-state index in [9.17, 15) is 17.6 Å². The van der Waals surface area contributed by atoms with Gasteiger partial charge in [0.25, 0.3) is 0 Å². The Bertz CT molecular complexity index is 895. The van der Waals surface area contributed by atoms with Crippen LogP contribution in [0, 0.1) is 11.7 Å². The van der Waals surface area contributed by atoms with Crippen molar-refractivity contribution in [3.8, 4) is 0 Å². The van der Waals surface area contributed by atoms with E-state index in [-0.39, 0.29) is 16.6 Å². The molecule has 0 amide bonds. The molecule has 1 unspecified atom stereocenters. The minimum Gasteiger partial charge on any atom is -0.303 e. The Kier molecular flexibility index (Phi) is 4.37. The topological polar surface area (TPSA) is 51.2 Å². The van der Waals surface area contributed by atoms with Crippen LogP contribution in [-0.4, -0.2) is 21.0 Å². The van der Waals surface area contributed by atoms with E-state index in [4.69, 9.17) is 0 Å². The Morgan fingerprint density at radius 2 is 1.58 bits per heavy atom. The maximum absolute atomic E-state index is 13.2. The highest BCUT2D eigenvalue weighted by atomic mass is 32.2. The highest BCUT2D eigenvalue weighted by Gasteiger charge is 2.27. The van der Waals surface area contributed by atoms with Gasteiger partial charge in [-0.05, 0) is 59.4 Å². The van der Waals surface area contributed by atoms with Gasteiger partial charge < -0.3 is 4.79 Å². The number of benzene rings is 2. The first kappa shape index (κ1) is 16.6. The van der Waals surface area contributed by atoms with Crippen molar-refractivity contribution in [2.24, 2.45) is 5.92 Å². The Morgan fingerprint density at radius 1 is 1.00 bits per heavy atom. The molecule has 1 atom stereocenters. The van der Waals surface area contributed by atoms with E-state index >= 15 is 0 Å². The van der Waals surface area contributed by atoms with Crippen LogP contribution in [0.5, 0.6) is 0 Å². The van der Waals surface area contributed by atoms with E-state index in [2.05, 4.69) is 0 Å². The zero-order chi connectivity index (χ0) is 17.3. The average molecular weight is 344 g/mol. The number of sulfone groups is 1. The molecule has 0 radical (unpaired) electrons. The lowest BCUT2D eigenvalue weighted by Crippen LogP contribution is -2.00. The summed E-state index contributed by atoms with van der Waals surface area (Å²) in [5.41, 5.74) is 3.63. The van der Waals surface area contributed by atoms with Crippen molar-refractivity contribution in [3.05, 3.63) is 65.5 Å². The second-order valence-electron chi connectivity index (χ2n) is 5.98. The number of halogens is 1. The predicted octanol–water partition coefficient (Wildman–Crippen LogP) is 3.75. The zero-order valence-corrected chi connectivity index (χ0v) is 14.0. The van der Waals surface area contributed by atoms with Crippen molar-refractivity contribution < 1.29 is 17.6 Å². The summed E-state index contributed by atoms with van der Waals surface area (Å²) in [6.07, 6.45) is 3.54. The molecule has 0 spiro atoms. The van der Waals surface area contributed by atoms with E-state index < -0.39 is 9.84 Å². The number of hydrogen-bond donors (Lipinski definition) is 0. The van der Waals surface area contributed by atoms with E-state index in [1.807, 2.05) is 0 Å². The second kappa shape index (κ2) is 6.32. The fourth-order valence-electron chi connectivity index (χ4n) is 3.16. The number of carbonyl (C=O) groups is 1. The third-order valence-corrected chi connectivity index (χ3v) is 5.48. The second-order valence-corrected chi connectivity index (χ2v) is 7.99. The maximum atomic E-state index is 13.2. The van der Waals surface area contributed by atoms with Crippen LogP contribution in [0.3, 0.4) is 0 Å². The van der Waals surface area contributed by atoms with Crippen molar-refractivity contribution in [3.63, 3.8) is 0 Å². The molecule has 0 fully saturated rings. The first-order valence-corrected chi connectivity index (χ1v) is 9.54. The minimum absolute atomic E-state index is 0.222. The predicted molar refractivity (Wildman–Crippen MR) is 91.6 cm³/mol. The Morgan fingerprint density at radius 3 is 2.12 bits per heavy atom. The largest absolute Gasteiger partial charge is 0.303 e. The number of rotatable bonds is 4. The quantitative estimate of drug-likeness (QED) is 0.794. The fourth-order valence-corrected chi connectivity index (χ4v) is 3.79. The molecule has 3 rings (SSSR count). The van der Waals surface area contributed by atoms with Crippen molar-refractivity contribution >= 4 is 27.3 Å². The normalized spacial score (nSPS) is 18.0. The van der Waals surface area contributed by atoms with Crippen molar-refractivity contribution in [1.29, 1.82) is 0 Å². The Balaban J connectivity index is 2.10. The van der Waals surface area contributed by atoms with Gasteiger partial charge in [0.2, 0.25) is 0 Å². The Labute approximate surface area is 140 Å². The maximum Gasteiger partial charge on any atom is 0.175 e. The molecule has 0 aliphatic heterocycles. The molecule has 1 aliphatic carbocycles. The van der Waals surface area contributed by atoms with Crippen LogP contribution in [0.1, 0.15) is 24.0 Å². The fraction of sp³-hybridized carbons (Fsp3) is 0.211. The molecule has 24 heavy (non-hydrogen) atoms. The zero-order valence-electron chi connectivity index (χ0n) is 13.2. The van der Waals surface area contributed by atoms with Crippen molar-refractivity contribution in [1.82, 2.24) is 0 Å². The van der Waals surface area contributed by atoms with Crippen LogP contribution in [0.15, 0.2) is 53.4 Å². The van der Waals surface area contributed by atoms with Crippen LogP contribution in [-0.2, 0) is 14.6 Å². The highest BCUT2D eigenvalue weighted by Crippen LogP contribution is 2.43. The van der Waals surface area contributed by atoms with Gasteiger partial charge in [-0.1, -0.05) is 24.3 Å². The van der Waals surface area contributed by atoms with Crippen LogP contribution >= 0.6 is 0 Å². The summed E-state index contributed by atoms with van der Waals surface area (Å²) in [5.74, 6) is -0.542. The summed E-state index contributed by atoms with van der Waals surface area (Å²) in [7, 11) is -3.24. The third-order valence-electron chi connectivity index (χ3n) is 4.35. The van der Waals surface area contributed by atoms with Gasteiger partial charge in [-0.2, -0.15) is 0 Å². The summed E-state index contributed by atoms with van der Waals surface area (Å²) >= 11 is 0. The van der Waals surface area contributed by atoms with Gasteiger partial charge in [-0.3, -0.25) is 0 Å². The lowest BCUT2D eigenvalue weighted by Gasteiger charge is -2.12. The molecule has 0 N–H and O–H groups in total. The van der Waals surface area contributed by atoms with Crippen LogP contribution in [0.25, 0.3) is 11.1 Å². The molecule has 1 aliphatic rings. The lowest BCUT2D eigenvalue weighted by atomic mass is 9.92. The SMILES string of the molecule is CS(=O)(=O)c1ccc(C2=C(c3ccc(F)cc3)C(C=O)CC2)cc1. The number of aldehydes is 1. The van der Waals surface area contributed by atoms with Gasteiger partial charge in [0.05, 0.1) is 4.90 Å². The van der Waals surface area contributed by atoms with E-state index in [0.29, 0.717) is 6.42 Å². The van der Waals surface area contributed by atoms with E-state index in [1.54, 1.807) is 36.4 Å².